The van der Waals surface area contributed by atoms with E-state index < -0.39 is 9.84 Å². The van der Waals surface area contributed by atoms with Gasteiger partial charge in [0.1, 0.15) is 0 Å². The van der Waals surface area contributed by atoms with Gasteiger partial charge in [-0.3, -0.25) is 0 Å². The number of rotatable bonds is 5. The lowest BCUT2D eigenvalue weighted by Gasteiger charge is -2.17. The largest absolute Gasteiger partial charge is 0.312 e. The molecule has 0 aliphatic heterocycles. The fourth-order valence-electron chi connectivity index (χ4n) is 2.25. The zero-order chi connectivity index (χ0) is 14.6. The lowest BCUT2D eigenvalue weighted by atomic mass is 10.1. The van der Waals surface area contributed by atoms with Gasteiger partial charge >= 0.3 is 0 Å². The lowest BCUT2D eigenvalue weighted by molar-refractivity contribution is 0.573. The van der Waals surface area contributed by atoms with Crippen molar-refractivity contribution in [1.29, 1.82) is 0 Å². The van der Waals surface area contributed by atoms with E-state index >= 15 is 0 Å². The predicted octanol–water partition coefficient (Wildman–Crippen LogP) is 2.73. The molecule has 0 fully saturated rings. The maximum absolute atomic E-state index is 12.6. The third-order valence-electron chi connectivity index (χ3n) is 3.37. The minimum absolute atomic E-state index is 0.0539. The molecule has 2 rings (SSSR count). The molecule has 0 saturated heterocycles. The van der Waals surface area contributed by atoms with E-state index in [1.807, 2.05) is 49.4 Å². The Morgan fingerprint density at radius 2 is 1.60 bits per heavy atom. The lowest BCUT2D eigenvalue weighted by Crippen LogP contribution is -2.25. The number of nitrogens with one attached hydrogen (secondary N) is 1. The van der Waals surface area contributed by atoms with Crippen LogP contribution in [0.3, 0.4) is 0 Å². The van der Waals surface area contributed by atoms with Crippen molar-refractivity contribution in [3.63, 3.8) is 0 Å². The summed E-state index contributed by atoms with van der Waals surface area (Å²) in [6.45, 7) is 1.82. The van der Waals surface area contributed by atoms with Crippen molar-refractivity contribution in [3.8, 4) is 0 Å². The molecule has 106 valence electrons. The molecule has 0 amide bonds. The van der Waals surface area contributed by atoms with Gasteiger partial charge in [0.15, 0.2) is 9.84 Å². The van der Waals surface area contributed by atoms with Gasteiger partial charge in [-0.15, -0.1) is 0 Å². The summed E-state index contributed by atoms with van der Waals surface area (Å²) in [6, 6.07) is 16.5. The molecule has 0 aliphatic carbocycles. The molecule has 0 aliphatic rings. The predicted molar refractivity (Wildman–Crippen MR) is 81.5 cm³/mol. The van der Waals surface area contributed by atoms with Crippen LogP contribution >= 0.6 is 0 Å². The van der Waals surface area contributed by atoms with E-state index in [2.05, 4.69) is 5.32 Å². The Kier molecular flexibility index (Phi) is 4.57. The van der Waals surface area contributed by atoms with Crippen molar-refractivity contribution in [3.05, 3.63) is 65.7 Å². The van der Waals surface area contributed by atoms with E-state index in [1.165, 1.54) is 0 Å². The fraction of sp³-hybridized carbons (Fsp3) is 0.250. The zero-order valence-corrected chi connectivity index (χ0v) is 12.5. The van der Waals surface area contributed by atoms with Gasteiger partial charge in [0.2, 0.25) is 0 Å². The quantitative estimate of drug-likeness (QED) is 0.920. The van der Waals surface area contributed by atoms with Crippen molar-refractivity contribution in [1.82, 2.24) is 5.32 Å². The first-order valence-electron chi connectivity index (χ1n) is 6.55. The van der Waals surface area contributed by atoms with Crippen LogP contribution in [-0.2, 0) is 9.84 Å². The number of hydrogen-bond donors (Lipinski definition) is 1. The minimum Gasteiger partial charge on any atom is -0.312 e. The van der Waals surface area contributed by atoms with Crippen LogP contribution in [0.25, 0.3) is 0 Å². The van der Waals surface area contributed by atoms with E-state index in [0.29, 0.717) is 4.90 Å². The second-order valence-corrected chi connectivity index (χ2v) is 6.80. The normalized spacial score (nSPS) is 13.1. The molecule has 0 aromatic heterocycles. The van der Waals surface area contributed by atoms with Crippen LogP contribution in [0, 0.1) is 6.92 Å². The monoisotopic (exact) mass is 289 g/mol. The Balaban J connectivity index is 2.30. The average Bonchev–Trinajstić information content (AvgIpc) is 2.46. The Morgan fingerprint density at radius 1 is 1.00 bits per heavy atom. The van der Waals surface area contributed by atoms with Crippen LogP contribution in [0.4, 0.5) is 0 Å². The molecule has 3 nitrogen and oxygen atoms in total. The highest BCUT2D eigenvalue weighted by molar-refractivity contribution is 7.91. The highest BCUT2D eigenvalue weighted by Gasteiger charge is 2.22. The first-order chi connectivity index (χ1) is 9.54. The van der Waals surface area contributed by atoms with Gasteiger partial charge in [-0.25, -0.2) is 8.42 Å². The topological polar surface area (TPSA) is 46.2 Å². The standard InChI is InChI=1S/C16H19NO2S/c1-13-8-6-7-11-16(13)20(18,19)12-15(17-2)14-9-4-3-5-10-14/h3-11,15,17H,12H2,1-2H3. The van der Waals surface area contributed by atoms with E-state index in [4.69, 9.17) is 0 Å². The van der Waals surface area contributed by atoms with Crippen LogP contribution < -0.4 is 5.32 Å². The number of sulfone groups is 1. The minimum atomic E-state index is -3.31. The molecule has 0 radical (unpaired) electrons. The van der Waals surface area contributed by atoms with Crippen molar-refractivity contribution in [2.75, 3.05) is 12.8 Å². The van der Waals surface area contributed by atoms with Gasteiger partial charge in [0.05, 0.1) is 10.6 Å². The van der Waals surface area contributed by atoms with Gasteiger partial charge in [0, 0.05) is 6.04 Å². The van der Waals surface area contributed by atoms with Crippen molar-refractivity contribution in [2.24, 2.45) is 0 Å². The molecule has 4 heteroatoms. The Bertz CT molecular complexity index is 666. The van der Waals surface area contributed by atoms with E-state index in [9.17, 15) is 8.42 Å². The molecule has 1 unspecified atom stereocenters. The Labute approximate surface area is 120 Å². The van der Waals surface area contributed by atoms with E-state index in [-0.39, 0.29) is 11.8 Å². The van der Waals surface area contributed by atoms with Crippen molar-refractivity contribution >= 4 is 9.84 Å². The van der Waals surface area contributed by atoms with Crippen LogP contribution in [0.2, 0.25) is 0 Å². The maximum atomic E-state index is 12.6. The van der Waals surface area contributed by atoms with E-state index in [0.717, 1.165) is 11.1 Å². The first-order valence-corrected chi connectivity index (χ1v) is 8.20. The second-order valence-electron chi connectivity index (χ2n) is 4.80. The number of benzene rings is 2. The summed E-state index contributed by atoms with van der Waals surface area (Å²) in [6.07, 6.45) is 0. The Hall–Kier alpha value is -1.65. The zero-order valence-electron chi connectivity index (χ0n) is 11.7. The summed E-state index contributed by atoms with van der Waals surface area (Å²) in [5.74, 6) is 0.0539. The smallest absolute Gasteiger partial charge is 0.180 e. The molecule has 0 heterocycles. The van der Waals surface area contributed by atoms with Gasteiger partial charge < -0.3 is 5.32 Å². The first kappa shape index (κ1) is 14.8. The molecule has 2 aromatic carbocycles. The summed E-state index contributed by atoms with van der Waals surface area (Å²) in [4.78, 5) is 0.413. The highest BCUT2D eigenvalue weighted by Crippen LogP contribution is 2.21. The molecule has 0 spiro atoms. The summed E-state index contributed by atoms with van der Waals surface area (Å²) in [5.41, 5.74) is 1.77. The van der Waals surface area contributed by atoms with Gasteiger partial charge in [-0.2, -0.15) is 0 Å². The number of aryl methyl sites for hydroxylation is 1. The molecule has 0 saturated carbocycles. The van der Waals surface area contributed by atoms with Gasteiger partial charge in [-0.05, 0) is 31.2 Å². The Morgan fingerprint density at radius 3 is 2.20 bits per heavy atom. The fourth-order valence-corrected chi connectivity index (χ4v) is 4.07. The molecular formula is C16H19NO2S. The molecule has 1 N–H and O–H groups in total. The highest BCUT2D eigenvalue weighted by atomic mass is 32.2. The van der Waals surface area contributed by atoms with Crippen molar-refractivity contribution < 1.29 is 8.42 Å². The summed E-state index contributed by atoms with van der Waals surface area (Å²) in [5, 5.41) is 3.08. The van der Waals surface area contributed by atoms with Gasteiger partial charge in [-0.1, -0.05) is 48.5 Å². The van der Waals surface area contributed by atoms with Gasteiger partial charge in [0.25, 0.3) is 0 Å². The molecule has 1 atom stereocenters. The molecular weight excluding hydrogens is 270 g/mol. The second kappa shape index (κ2) is 6.20. The third kappa shape index (κ3) is 3.26. The van der Waals surface area contributed by atoms with E-state index in [1.54, 1.807) is 19.2 Å². The summed E-state index contributed by atoms with van der Waals surface area (Å²) < 4.78 is 25.1. The van der Waals surface area contributed by atoms with Crippen LogP contribution in [0.15, 0.2) is 59.5 Å². The number of hydrogen-bond acceptors (Lipinski definition) is 3. The maximum Gasteiger partial charge on any atom is 0.180 e. The SMILES string of the molecule is CNC(CS(=O)(=O)c1ccccc1C)c1ccccc1. The third-order valence-corrected chi connectivity index (χ3v) is 5.27. The summed E-state index contributed by atoms with van der Waals surface area (Å²) >= 11 is 0. The van der Waals surface area contributed by atoms with Crippen LogP contribution in [0.1, 0.15) is 17.2 Å². The molecule has 20 heavy (non-hydrogen) atoms. The van der Waals surface area contributed by atoms with Crippen LogP contribution in [0.5, 0.6) is 0 Å². The van der Waals surface area contributed by atoms with Crippen molar-refractivity contribution in [2.45, 2.75) is 17.9 Å². The average molecular weight is 289 g/mol. The summed E-state index contributed by atoms with van der Waals surface area (Å²) in [7, 11) is -1.53. The molecule has 2 aromatic rings. The van der Waals surface area contributed by atoms with Crippen LogP contribution in [-0.4, -0.2) is 21.2 Å². The molecule has 0 bridgehead atoms.